The molecule has 0 amide bonds. The van der Waals surface area contributed by atoms with E-state index >= 15 is 0 Å². The van der Waals surface area contributed by atoms with E-state index in [-0.39, 0.29) is 0 Å². The summed E-state index contributed by atoms with van der Waals surface area (Å²) in [6.07, 6.45) is 2.79. The van der Waals surface area contributed by atoms with E-state index in [0.717, 1.165) is 26.0 Å². The molecular weight excluding hydrogens is 236 g/mol. The number of hydrogen-bond donors (Lipinski definition) is 1. The number of likely N-dealkylation sites (N-methyl/N-ethyl adjacent to an activating group) is 1. The fourth-order valence-corrected chi connectivity index (χ4v) is 2.66. The van der Waals surface area contributed by atoms with Gasteiger partial charge in [0.25, 0.3) is 0 Å². The third-order valence-electron chi connectivity index (χ3n) is 3.90. The van der Waals surface area contributed by atoms with Crippen LogP contribution in [-0.2, 0) is 4.74 Å². The average Bonchev–Trinajstić information content (AvgIpc) is 2.36. The number of nitrogens with one attached hydrogen (secondary N) is 1. The van der Waals surface area contributed by atoms with E-state index in [0.29, 0.717) is 18.2 Å². The van der Waals surface area contributed by atoms with Crippen molar-refractivity contribution in [2.75, 3.05) is 27.2 Å². The topological polar surface area (TPSA) is 24.5 Å². The Labute approximate surface area is 116 Å². The van der Waals surface area contributed by atoms with Crippen molar-refractivity contribution < 1.29 is 4.74 Å². The molecule has 3 heteroatoms. The maximum atomic E-state index is 5.60. The molecule has 1 N–H and O–H groups in total. The Kier molecular flexibility index (Phi) is 5.37. The summed E-state index contributed by atoms with van der Waals surface area (Å²) in [4.78, 5) is 2.28. The molecule has 1 unspecified atom stereocenters. The third kappa shape index (κ3) is 4.03. The van der Waals surface area contributed by atoms with Crippen LogP contribution in [0.4, 0.5) is 0 Å². The summed E-state index contributed by atoms with van der Waals surface area (Å²) in [7, 11) is 4.28. The summed E-state index contributed by atoms with van der Waals surface area (Å²) in [5.74, 6) is 0. The van der Waals surface area contributed by atoms with Crippen molar-refractivity contribution in [3.05, 3.63) is 35.9 Å². The largest absolute Gasteiger partial charge is 0.378 e. The van der Waals surface area contributed by atoms with E-state index in [1.54, 1.807) is 0 Å². The van der Waals surface area contributed by atoms with Crippen molar-refractivity contribution in [2.24, 2.45) is 0 Å². The minimum absolute atomic E-state index is 0.437. The Bertz CT molecular complexity index is 360. The molecule has 2 rings (SSSR count). The first kappa shape index (κ1) is 14.5. The second-order valence-corrected chi connectivity index (χ2v) is 5.54. The molecule has 0 aromatic heterocycles. The minimum atomic E-state index is 0.437. The van der Waals surface area contributed by atoms with E-state index in [1.165, 1.54) is 5.56 Å². The first-order chi connectivity index (χ1) is 9.20. The number of ether oxygens (including phenoxy) is 1. The summed E-state index contributed by atoms with van der Waals surface area (Å²) in [5.41, 5.74) is 1.38. The van der Waals surface area contributed by atoms with Crippen LogP contribution in [0.25, 0.3) is 0 Å². The van der Waals surface area contributed by atoms with Gasteiger partial charge in [0.2, 0.25) is 0 Å². The molecule has 0 aliphatic heterocycles. The van der Waals surface area contributed by atoms with Crippen molar-refractivity contribution in [1.82, 2.24) is 10.2 Å². The second-order valence-electron chi connectivity index (χ2n) is 5.54. The van der Waals surface area contributed by atoms with Gasteiger partial charge in [-0.25, -0.2) is 0 Å². The Balaban J connectivity index is 1.80. The van der Waals surface area contributed by atoms with Crippen LogP contribution in [0.1, 0.15) is 31.4 Å². The van der Waals surface area contributed by atoms with E-state index < -0.39 is 0 Å². The summed E-state index contributed by atoms with van der Waals surface area (Å²) in [6, 6.07) is 11.8. The zero-order valence-electron chi connectivity index (χ0n) is 12.3. The Morgan fingerprint density at radius 3 is 2.53 bits per heavy atom. The third-order valence-corrected chi connectivity index (χ3v) is 3.90. The van der Waals surface area contributed by atoms with Gasteiger partial charge in [0.1, 0.15) is 0 Å². The molecule has 1 fully saturated rings. The molecule has 1 saturated carbocycles. The maximum Gasteiger partial charge on any atom is 0.0604 e. The van der Waals surface area contributed by atoms with Crippen LogP contribution in [0.5, 0.6) is 0 Å². The molecule has 0 heterocycles. The molecule has 3 nitrogen and oxygen atoms in total. The lowest BCUT2D eigenvalue weighted by atomic mass is 9.89. The van der Waals surface area contributed by atoms with Gasteiger partial charge < -0.3 is 15.0 Å². The van der Waals surface area contributed by atoms with Crippen LogP contribution in [-0.4, -0.2) is 44.3 Å². The molecule has 0 bridgehead atoms. The molecular formula is C16H26N2O. The van der Waals surface area contributed by atoms with Crippen LogP contribution < -0.4 is 5.32 Å². The number of nitrogens with zero attached hydrogens (tertiary/aromatic N) is 1. The van der Waals surface area contributed by atoms with Crippen LogP contribution in [0.3, 0.4) is 0 Å². The van der Waals surface area contributed by atoms with Crippen LogP contribution in [0.2, 0.25) is 0 Å². The first-order valence-corrected chi connectivity index (χ1v) is 7.27. The Morgan fingerprint density at radius 2 is 1.95 bits per heavy atom. The summed E-state index contributed by atoms with van der Waals surface area (Å²) >= 11 is 0. The van der Waals surface area contributed by atoms with E-state index in [2.05, 4.69) is 61.6 Å². The monoisotopic (exact) mass is 262 g/mol. The van der Waals surface area contributed by atoms with Gasteiger partial charge >= 0.3 is 0 Å². The van der Waals surface area contributed by atoms with Gasteiger partial charge in [0.05, 0.1) is 6.10 Å². The Hall–Kier alpha value is -0.900. The molecule has 19 heavy (non-hydrogen) atoms. The number of rotatable bonds is 7. The summed E-state index contributed by atoms with van der Waals surface area (Å²) < 4.78 is 5.60. The van der Waals surface area contributed by atoms with Crippen LogP contribution >= 0.6 is 0 Å². The smallest absolute Gasteiger partial charge is 0.0604 e. The van der Waals surface area contributed by atoms with Gasteiger partial charge in [-0.1, -0.05) is 30.3 Å². The molecule has 106 valence electrons. The van der Waals surface area contributed by atoms with Crippen molar-refractivity contribution in [3.8, 4) is 0 Å². The number of hydrogen-bond acceptors (Lipinski definition) is 3. The van der Waals surface area contributed by atoms with Gasteiger partial charge in [-0.15, -0.1) is 0 Å². The summed E-state index contributed by atoms with van der Waals surface area (Å²) in [6.45, 7) is 3.90. The number of benzene rings is 1. The van der Waals surface area contributed by atoms with Crippen molar-refractivity contribution >= 4 is 0 Å². The highest BCUT2D eigenvalue weighted by Crippen LogP contribution is 2.24. The van der Waals surface area contributed by atoms with Gasteiger partial charge in [0.15, 0.2) is 0 Å². The Morgan fingerprint density at radius 1 is 1.26 bits per heavy atom. The highest BCUT2D eigenvalue weighted by atomic mass is 16.5. The lowest BCUT2D eigenvalue weighted by Gasteiger charge is -2.37. The van der Waals surface area contributed by atoms with Crippen molar-refractivity contribution in [2.45, 2.75) is 38.0 Å². The van der Waals surface area contributed by atoms with Gasteiger partial charge in [-0.05, 0) is 39.4 Å². The molecule has 1 aliphatic rings. The highest BCUT2D eigenvalue weighted by Gasteiger charge is 2.29. The van der Waals surface area contributed by atoms with Gasteiger partial charge in [-0.2, -0.15) is 0 Å². The molecule has 1 aliphatic carbocycles. The van der Waals surface area contributed by atoms with Crippen molar-refractivity contribution in [1.29, 1.82) is 0 Å². The zero-order chi connectivity index (χ0) is 13.7. The first-order valence-electron chi connectivity index (χ1n) is 7.27. The predicted molar refractivity (Wildman–Crippen MR) is 79.3 cm³/mol. The van der Waals surface area contributed by atoms with Crippen LogP contribution in [0, 0.1) is 0 Å². The lowest BCUT2D eigenvalue weighted by Crippen LogP contribution is -2.47. The minimum Gasteiger partial charge on any atom is -0.378 e. The normalized spacial score (nSPS) is 24.2. The fourth-order valence-electron chi connectivity index (χ4n) is 2.66. The highest BCUT2D eigenvalue weighted by molar-refractivity contribution is 5.19. The van der Waals surface area contributed by atoms with Crippen LogP contribution in [0.15, 0.2) is 30.3 Å². The predicted octanol–water partition coefficient (Wildman–Crippen LogP) is 2.45. The fraction of sp³-hybridized carbons (Fsp3) is 0.625. The van der Waals surface area contributed by atoms with E-state index in [4.69, 9.17) is 4.74 Å². The zero-order valence-corrected chi connectivity index (χ0v) is 12.3. The molecule has 0 radical (unpaired) electrons. The molecule has 0 saturated heterocycles. The SMILES string of the molecule is CCOC1CC(NCC(c2ccccc2)N(C)C)C1. The molecule has 0 spiro atoms. The maximum absolute atomic E-state index is 5.60. The lowest BCUT2D eigenvalue weighted by molar-refractivity contribution is -0.0109. The molecule has 1 aromatic rings. The second kappa shape index (κ2) is 7.04. The quantitative estimate of drug-likeness (QED) is 0.817. The molecule has 1 atom stereocenters. The van der Waals surface area contributed by atoms with Gasteiger partial charge in [0, 0.05) is 25.2 Å². The van der Waals surface area contributed by atoms with E-state index in [9.17, 15) is 0 Å². The standard InChI is InChI=1S/C16H26N2O/c1-4-19-15-10-14(11-15)17-12-16(18(2)3)13-8-6-5-7-9-13/h5-9,14-17H,4,10-12H2,1-3H3. The van der Waals surface area contributed by atoms with Crippen molar-refractivity contribution in [3.63, 3.8) is 0 Å². The average molecular weight is 262 g/mol. The molecule has 1 aromatic carbocycles. The van der Waals surface area contributed by atoms with Gasteiger partial charge in [-0.3, -0.25) is 0 Å². The summed E-state index contributed by atoms with van der Waals surface area (Å²) in [5, 5.41) is 3.67. The van der Waals surface area contributed by atoms with E-state index in [1.807, 2.05) is 0 Å².